The number of aldehydes is 1. The number of nitrogens with zero attached hydrogens (tertiary/aromatic N) is 1. The van der Waals surface area contributed by atoms with Crippen molar-refractivity contribution >= 4 is 22.9 Å². The molecule has 0 aliphatic rings. The smallest absolute Gasteiger partial charge is 0.294 e. The van der Waals surface area contributed by atoms with Gasteiger partial charge in [0.05, 0.1) is 22.0 Å². The molecule has 0 radical (unpaired) electrons. The van der Waals surface area contributed by atoms with Crippen molar-refractivity contribution in [1.82, 2.24) is 4.98 Å². The Labute approximate surface area is 84.9 Å². The van der Waals surface area contributed by atoms with E-state index in [-0.39, 0.29) is 12.1 Å². The first-order chi connectivity index (χ1) is 7.24. The Kier molecular flexibility index (Phi) is 2.21. The third-order valence-corrected chi connectivity index (χ3v) is 2.28. The monoisotopic (exact) mass is 204 g/mol. The fraction of sp³-hybridized carbons (Fsp3) is 0.100. The fourth-order valence-corrected chi connectivity index (χ4v) is 1.61. The van der Waals surface area contributed by atoms with E-state index in [1.165, 1.54) is 6.20 Å². The Morgan fingerprint density at radius 3 is 2.93 bits per heavy atom. The number of aromatic nitrogens is 1. The van der Waals surface area contributed by atoms with E-state index in [9.17, 15) is 14.9 Å². The lowest BCUT2D eigenvalue weighted by Gasteiger charge is -1.96. The van der Waals surface area contributed by atoms with Crippen LogP contribution in [0.2, 0.25) is 0 Å². The second-order valence-corrected chi connectivity index (χ2v) is 3.14. The Morgan fingerprint density at radius 1 is 1.47 bits per heavy atom. The van der Waals surface area contributed by atoms with E-state index in [4.69, 9.17) is 0 Å². The molecule has 0 aliphatic heterocycles. The summed E-state index contributed by atoms with van der Waals surface area (Å²) in [6, 6.07) is 5.15. The number of hydrogen-bond donors (Lipinski definition) is 1. The summed E-state index contributed by atoms with van der Waals surface area (Å²) in [6.45, 7) is 0. The average molecular weight is 204 g/mol. The third kappa shape index (κ3) is 1.48. The van der Waals surface area contributed by atoms with Crippen LogP contribution in [0.15, 0.2) is 24.4 Å². The molecule has 5 nitrogen and oxygen atoms in total. The average Bonchev–Trinajstić information content (AvgIpc) is 2.62. The number of carbonyl (C=O) groups is 1. The summed E-state index contributed by atoms with van der Waals surface area (Å²) in [7, 11) is 0. The van der Waals surface area contributed by atoms with Crippen LogP contribution in [0.3, 0.4) is 0 Å². The van der Waals surface area contributed by atoms with Crippen LogP contribution in [0.4, 0.5) is 5.69 Å². The molecule has 1 aromatic heterocycles. The molecule has 2 aromatic rings. The van der Waals surface area contributed by atoms with Gasteiger partial charge in [-0.1, -0.05) is 12.1 Å². The molecular weight excluding hydrogens is 196 g/mol. The van der Waals surface area contributed by atoms with Gasteiger partial charge in [-0.25, -0.2) is 0 Å². The van der Waals surface area contributed by atoms with Crippen molar-refractivity contribution in [2.45, 2.75) is 6.42 Å². The number of nitro groups is 1. The van der Waals surface area contributed by atoms with Gasteiger partial charge in [-0.3, -0.25) is 10.1 Å². The van der Waals surface area contributed by atoms with Crippen molar-refractivity contribution in [3.8, 4) is 0 Å². The second-order valence-electron chi connectivity index (χ2n) is 3.14. The second kappa shape index (κ2) is 3.53. The van der Waals surface area contributed by atoms with Gasteiger partial charge in [-0.2, -0.15) is 0 Å². The molecule has 0 atom stereocenters. The summed E-state index contributed by atoms with van der Waals surface area (Å²) in [5.74, 6) is 0. The predicted octanol–water partition coefficient (Wildman–Crippen LogP) is 1.82. The number of nitrogens with one attached hydrogen (secondary N) is 1. The number of benzene rings is 1. The van der Waals surface area contributed by atoms with E-state index in [1.54, 1.807) is 18.2 Å². The van der Waals surface area contributed by atoms with Crippen LogP contribution in [0.5, 0.6) is 0 Å². The molecule has 0 bridgehead atoms. The first-order valence-corrected chi connectivity index (χ1v) is 4.41. The van der Waals surface area contributed by atoms with E-state index in [0.717, 1.165) is 11.8 Å². The lowest BCUT2D eigenvalue weighted by molar-refractivity contribution is -0.383. The van der Waals surface area contributed by atoms with Gasteiger partial charge in [0.1, 0.15) is 6.29 Å². The number of carbonyl (C=O) groups excluding carboxylic acids is 1. The molecule has 0 unspecified atom stereocenters. The Hall–Kier alpha value is -2.17. The Morgan fingerprint density at radius 2 is 2.27 bits per heavy atom. The topological polar surface area (TPSA) is 76.0 Å². The number of hydrogen-bond acceptors (Lipinski definition) is 3. The summed E-state index contributed by atoms with van der Waals surface area (Å²) in [5.41, 5.74) is 1.48. The van der Waals surface area contributed by atoms with Crippen molar-refractivity contribution in [3.63, 3.8) is 0 Å². The van der Waals surface area contributed by atoms with Gasteiger partial charge in [0.15, 0.2) is 0 Å². The molecule has 0 saturated carbocycles. The summed E-state index contributed by atoms with van der Waals surface area (Å²) in [5, 5.41) is 11.2. The molecule has 1 heterocycles. The lowest BCUT2D eigenvalue weighted by Crippen LogP contribution is -1.88. The Balaban J connectivity index is 2.68. The zero-order valence-electron chi connectivity index (χ0n) is 7.77. The van der Waals surface area contributed by atoms with Gasteiger partial charge >= 0.3 is 0 Å². The van der Waals surface area contributed by atoms with Gasteiger partial charge in [-0.15, -0.1) is 0 Å². The molecule has 0 saturated heterocycles. The van der Waals surface area contributed by atoms with Crippen molar-refractivity contribution < 1.29 is 9.72 Å². The maximum atomic E-state index is 10.7. The molecule has 1 aromatic carbocycles. The van der Waals surface area contributed by atoms with Gasteiger partial charge < -0.3 is 9.78 Å². The maximum absolute atomic E-state index is 10.7. The maximum Gasteiger partial charge on any atom is 0.294 e. The number of fused-ring (bicyclic) bond motifs is 1. The third-order valence-electron chi connectivity index (χ3n) is 2.28. The highest BCUT2D eigenvalue weighted by Crippen LogP contribution is 2.27. The number of para-hydroxylation sites is 1. The van der Waals surface area contributed by atoms with Gasteiger partial charge in [0.2, 0.25) is 0 Å². The largest absolute Gasteiger partial charge is 0.355 e. The molecule has 5 heteroatoms. The molecular formula is C10H8N2O3. The van der Waals surface area contributed by atoms with Gasteiger partial charge in [0, 0.05) is 6.42 Å². The van der Waals surface area contributed by atoms with E-state index < -0.39 is 4.92 Å². The molecule has 2 rings (SSSR count). The van der Waals surface area contributed by atoms with Crippen LogP contribution in [0, 0.1) is 10.1 Å². The SMILES string of the molecule is O=CCc1cccc2c([N+](=O)[O-])c[nH]c12. The predicted molar refractivity (Wildman–Crippen MR) is 54.7 cm³/mol. The number of H-pyrrole nitrogens is 1. The van der Waals surface area contributed by atoms with Crippen molar-refractivity contribution in [1.29, 1.82) is 0 Å². The van der Waals surface area contributed by atoms with E-state index in [0.29, 0.717) is 10.9 Å². The Bertz CT molecular complexity index is 530. The molecule has 0 aliphatic carbocycles. The molecule has 1 N–H and O–H groups in total. The highest BCUT2D eigenvalue weighted by atomic mass is 16.6. The number of rotatable bonds is 3. The van der Waals surface area contributed by atoms with Gasteiger partial charge in [0.25, 0.3) is 5.69 Å². The minimum Gasteiger partial charge on any atom is -0.355 e. The van der Waals surface area contributed by atoms with Crippen LogP contribution in [-0.4, -0.2) is 16.2 Å². The first kappa shape index (κ1) is 9.39. The van der Waals surface area contributed by atoms with Crippen molar-refractivity contribution in [2.75, 3.05) is 0 Å². The van der Waals surface area contributed by atoms with E-state index >= 15 is 0 Å². The molecule has 76 valence electrons. The van der Waals surface area contributed by atoms with Gasteiger partial charge in [-0.05, 0) is 11.6 Å². The van der Waals surface area contributed by atoms with Crippen molar-refractivity contribution in [3.05, 3.63) is 40.1 Å². The van der Waals surface area contributed by atoms with Crippen molar-refractivity contribution in [2.24, 2.45) is 0 Å². The highest BCUT2D eigenvalue weighted by Gasteiger charge is 2.14. The standard InChI is InChI=1S/C10H8N2O3/c13-5-4-7-2-1-3-8-9(12(14)15)6-11-10(7)8/h1-3,5-6,11H,4H2. The minimum absolute atomic E-state index is 0.0396. The zero-order chi connectivity index (χ0) is 10.8. The first-order valence-electron chi connectivity index (χ1n) is 4.41. The zero-order valence-corrected chi connectivity index (χ0v) is 7.77. The quantitative estimate of drug-likeness (QED) is 0.470. The van der Waals surface area contributed by atoms with E-state index in [2.05, 4.69) is 4.98 Å². The molecule has 0 spiro atoms. The van der Waals surface area contributed by atoms with Crippen LogP contribution in [-0.2, 0) is 11.2 Å². The molecule has 15 heavy (non-hydrogen) atoms. The van der Waals surface area contributed by atoms with Crippen LogP contribution in [0.25, 0.3) is 10.9 Å². The van der Waals surface area contributed by atoms with E-state index in [1.807, 2.05) is 0 Å². The lowest BCUT2D eigenvalue weighted by atomic mass is 10.1. The molecule has 0 fully saturated rings. The summed E-state index contributed by atoms with van der Waals surface area (Å²) in [6.07, 6.45) is 2.38. The van der Waals surface area contributed by atoms with Crippen LogP contribution >= 0.6 is 0 Å². The highest BCUT2D eigenvalue weighted by molar-refractivity contribution is 5.92. The number of aromatic amines is 1. The minimum atomic E-state index is -0.441. The molecule has 0 amide bonds. The van der Waals surface area contributed by atoms with Crippen LogP contribution in [0.1, 0.15) is 5.56 Å². The normalized spacial score (nSPS) is 10.4. The fourth-order valence-electron chi connectivity index (χ4n) is 1.61. The van der Waals surface area contributed by atoms with Crippen LogP contribution < -0.4 is 0 Å². The summed E-state index contributed by atoms with van der Waals surface area (Å²) in [4.78, 5) is 23.5. The summed E-state index contributed by atoms with van der Waals surface area (Å²) < 4.78 is 0. The summed E-state index contributed by atoms with van der Waals surface area (Å²) >= 11 is 0.